The number of likely N-dealkylation sites (tertiary alicyclic amines) is 1. The summed E-state index contributed by atoms with van der Waals surface area (Å²) in [6.07, 6.45) is 1.51. The molecule has 1 fully saturated rings. The molecule has 21 heavy (non-hydrogen) atoms. The summed E-state index contributed by atoms with van der Waals surface area (Å²) < 4.78 is 5.52. The van der Waals surface area contributed by atoms with Crippen LogP contribution in [0.3, 0.4) is 0 Å². The molecule has 1 aromatic carbocycles. The van der Waals surface area contributed by atoms with Crippen molar-refractivity contribution in [2.75, 3.05) is 19.8 Å². The van der Waals surface area contributed by atoms with Gasteiger partial charge < -0.3 is 9.84 Å². The van der Waals surface area contributed by atoms with Crippen molar-refractivity contribution in [3.8, 4) is 17.6 Å². The van der Waals surface area contributed by atoms with E-state index in [-0.39, 0.29) is 31.6 Å². The number of piperidine rings is 1. The predicted molar refractivity (Wildman–Crippen MR) is 76.5 cm³/mol. The number of imide groups is 1. The number of carbonyl (C=O) groups excluding carboxylic acids is 2. The molecule has 2 rings (SSSR count). The first-order chi connectivity index (χ1) is 10.2. The second kappa shape index (κ2) is 7.46. The predicted octanol–water partition coefficient (Wildman–Crippen LogP) is 0.948. The first-order valence-corrected chi connectivity index (χ1v) is 6.86. The van der Waals surface area contributed by atoms with Crippen LogP contribution in [-0.4, -0.2) is 41.6 Å². The monoisotopic (exact) mass is 287 g/mol. The van der Waals surface area contributed by atoms with Gasteiger partial charge in [0.2, 0.25) is 11.8 Å². The summed E-state index contributed by atoms with van der Waals surface area (Å²) in [5.41, 5.74) is 0.790. The van der Waals surface area contributed by atoms with E-state index in [1.54, 1.807) is 24.3 Å². The van der Waals surface area contributed by atoms with Crippen LogP contribution in [0.15, 0.2) is 24.3 Å². The Morgan fingerprint density at radius 3 is 2.43 bits per heavy atom. The van der Waals surface area contributed by atoms with Gasteiger partial charge in [-0.25, -0.2) is 0 Å². The maximum Gasteiger partial charge on any atom is 0.229 e. The third kappa shape index (κ3) is 4.33. The lowest BCUT2D eigenvalue weighted by Crippen LogP contribution is -2.42. The van der Waals surface area contributed by atoms with Crippen LogP contribution in [0.4, 0.5) is 0 Å². The van der Waals surface area contributed by atoms with E-state index >= 15 is 0 Å². The number of rotatable bonds is 4. The van der Waals surface area contributed by atoms with Gasteiger partial charge in [-0.2, -0.15) is 0 Å². The number of carbonyl (C=O) groups is 2. The fourth-order valence-electron chi connectivity index (χ4n) is 2.08. The Labute approximate surface area is 123 Å². The number of hydrogen-bond donors (Lipinski definition) is 1. The molecule has 0 aliphatic carbocycles. The van der Waals surface area contributed by atoms with Crippen molar-refractivity contribution in [3.05, 3.63) is 29.8 Å². The number of amides is 2. The van der Waals surface area contributed by atoms with Crippen molar-refractivity contribution in [1.82, 2.24) is 4.90 Å². The number of ether oxygens (including phenoxy) is 1. The van der Waals surface area contributed by atoms with Gasteiger partial charge in [0, 0.05) is 18.4 Å². The Morgan fingerprint density at radius 1 is 1.14 bits per heavy atom. The highest BCUT2D eigenvalue weighted by Crippen LogP contribution is 2.14. The molecule has 1 aliphatic heterocycles. The van der Waals surface area contributed by atoms with Crippen LogP contribution >= 0.6 is 0 Å². The van der Waals surface area contributed by atoms with Gasteiger partial charge in [0.1, 0.15) is 19.0 Å². The van der Waals surface area contributed by atoms with Crippen LogP contribution in [0.25, 0.3) is 0 Å². The molecule has 0 atom stereocenters. The van der Waals surface area contributed by atoms with Crippen LogP contribution in [-0.2, 0) is 9.59 Å². The number of nitrogens with zero attached hydrogens (tertiary/aromatic N) is 1. The Kier molecular flexibility index (Phi) is 5.35. The minimum Gasteiger partial charge on any atom is -0.492 e. The lowest BCUT2D eigenvalue weighted by atomic mass is 10.1. The highest BCUT2D eigenvalue weighted by Gasteiger charge is 2.25. The molecule has 1 saturated heterocycles. The summed E-state index contributed by atoms with van der Waals surface area (Å²) in [6, 6.07) is 7.10. The second-order valence-corrected chi connectivity index (χ2v) is 4.63. The lowest BCUT2D eigenvalue weighted by molar-refractivity contribution is -0.148. The highest BCUT2D eigenvalue weighted by molar-refractivity contribution is 5.97. The van der Waals surface area contributed by atoms with Crippen molar-refractivity contribution in [1.29, 1.82) is 0 Å². The van der Waals surface area contributed by atoms with Gasteiger partial charge in [-0.3, -0.25) is 14.5 Å². The number of hydrogen-bond acceptors (Lipinski definition) is 4. The zero-order chi connectivity index (χ0) is 15.1. The summed E-state index contributed by atoms with van der Waals surface area (Å²) in [7, 11) is 0. The Morgan fingerprint density at radius 2 is 1.81 bits per heavy atom. The molecule has 0 unspecified atom stereocenters. The van der Waals surface area contributed by atoms with Gasteiger partial charge in [-0.1, -0.05) is 11.8 Å². The van der Waals surface area contributed by atoms with Crippen molar-refractivity contribution in [2.24, 2.45) is 0 Å². The van der Waals surface area contributed by atoms with E-state index in [4.69, 9.17) is 9.84 Å². The van der Waals surface area contributed by atoms with Gasteiger partial charge in [0.25, 0.3) is 0 Å². The van der Waals surface area contributed by atoms with Gasteiger partial charge in [-0.15, -0.1) is 0 Å². The fourth-order valence-corrected chi connectivity index (χ4v) is 2.08. The lowest BCUT2D eigenvalue weighted by Gasteiger charge is -2.24. The van der Waals surface area contributed by atoms with E-state index in [9.17, 15) is 9.59 Å². The molecule has 1 heterocycles. The summed E-state index contributed by atoms with van der Waals surface area (Å²) >= 11 is 0. The molecular weight excluding hydrogens is 270 g/mol. The molecule has 0 aromatic heterocycles. The first-order valence-electron chi connectivity index (χ1n) is 6.86. The van der Waals surface area contributed by atoms with Crippen molar-refractivity contribution in [3.63, 3.8) is 0 Å². The molecular formula is C16H17NO4. The Bertz CT molecular complexity index is 552. The molecule has 1 aromatic rings. The number of benzene rings is 1. The molecule has 0 spiro atoms. The van der Waals surface area contributed by atoms with E-state index in [2.05, 4.69) is 11.8 Å². The minimum atomic E-state index is -0.170. The third-order valence-corrected chi connectivity index (χ3v) is 3.13. The summed E-state index contributed by atoms with van der Waals surface area (Å²) in [5, 5.41) is 8.61. The topological polar surface area (TPSA) is 66.8 Å². The van der Waals surface area contributed by atoms with E-state index in [0.717, 1.165) is 5.56 Å². The molecule has 5 heteroatoms. The molecule has 0 bridgehead atoms. The molecule has 1 aliphatic rings. The smallest absolute Gasteiger partial charge is 0.229 e. The fraction of sp³-hybridized carbons (Fsp3) is 0.375. The zero-order valence-electron chi connectivity index (χ0n) is 11.7. The van der Waals surface area contributed by atoms with E-state index < -0.39 is 0 Å². The Hall–Kier alpha value is -2.32. The molecule has 5 nitrogen and oxygen atoms in total. The number of aliphatic hydroxyl groups is 1. The average Bonchev–Trinajstić information content (AvgIpc) is 2.49. The van der Waals surface area contributed by atoms with Crippen LogP contribution in [0.1, 0.15) is 24.8 Å². The molecule has 2 amide bonds. The normalized spacial score (nSPS) is 14.6. The molecule has 1 N–H and O–H groups in total. The Balaban J connectivity index is 1.83. The highest BCUT2D eigenvalue weighted by atomic mass is 16.5. The molecule has 110 valence electrons. The largest absolute Gasteiger partial charge is 0.492 e. The van der Waals surface area contributed by atoms with Crippen molar-refractivity contribution in [2.45, 2.75) is 19.3 Å². The van der Waals surface area contributed by atoms with E-state index in [1.165, 1.54) is 4.90 Å². The van der Waals surface area contributed by atoms with Crippen LogP contribution in [0, 0.1) is 11.8 Å². The summed E-state index contributed by atoms with van der Waals surface area (Å²) in [6.45, 7) is 0.388. The second-order valence-electron chi connectivity index (χ2n) is 4.63. The summed E-state index contributed by atoms with van der Waals surface area (Å²) in [5.74, 6) is 5.76. The van der Waals surface area contributed by atoms with E-state index in [0.29, 0.717) is 25.0 Å². The van der Waals surface area contributed by atoms with Gasteiger partial charge in [0.15, 0.2) is 0 Å². The molecule has 0 radical (unpaired) electrons. The van der Waals surface area contributed by atoms with Gasteiger partial charge >= 0.3 is 0 Å². The standard InChI is InChI=1S/C16H17NO4/c18-11-2-3-13-6-8-14(9-7-13)21-12-10-17-15(19)4-1-5-16(17)20/h6-9,18H,1,4-5,10-12H2. The third-order valence-electron chi connectivity index (χ3n) is 3.13. The number of aliphatic hydroxyl groups excluding tert-OH is 1. The van der Waals surface area contributed by atoms with Crippen molar-refractivity contribution >= 4 is 11.8 Å². The van der Waals surface area contributed by atoms with Crippen LogP contribution in [0.5, 0.6) is 5.75 Å². The van der Waals surface area contributed by atoms with E-state index in [1.807, 2.05) is 0 Å². The van der Waals surface area contributed by atoms with Crippen molar-refractivity contribution < 1.29 is 19.4 Å². The quantitative estimate of drug-likeness (QED) is 0.661. The molecule has 0 saturated carbocycles. The van der Waals surface area contributed by atoms with Crippen LogP contribution < -0.4 is 4.74 Å². The SMILES string of the molecule is O=C1CCCC(=O)N1CCOc1ccc(C#CCO)cc1. The maximum atomic E-state index is 11.6. The maximum absolute atomic E-state index is 11.6. The van der Waals surface area contributed by atoms with Crippen LogP contribution in [0.2, 0.25) is 0 Å². The average molecular weight is 287 g/mol. The zero-order valence-corrected chi connectivity index (χ0v) is 11.7. The van der Waals surface area contributed by atoms with Gasteiger partial charge in [0.05, 0.1) is 6.54 Å². The first kappa shape index (κ1) is 15.1. The minimum absolute atomic E-state index is 0.121. The summed E-state index contributed by atoms with van der Waals surface area (Å²) in [4.78, 5) is 24.5. The van der Waals surface area contributed by atoms with Gasteiger partial charge in [-0.05, 0) is 30.7 Å².